The van der Waals surface area contributed by atoms with Gasteiger partial charge in [-0.2, -0.15) is 0 Å². The van der Waals surface area contributed by atoms with E-state index in [1.165, 1.54) is 0 Å². The SMILES string of the molecule is CCc1nc([C@@H](C)N)cn1C1CCS(=O)(=O)C1. The maximum absolute atomic E-state index is 11.5. The molecule has 1 saturated heterocycles. The minimum atomic E-state index is -2.86. The molecule has 0 amide bonds. The van der Waals surface area contributed by atoms with E-state index in [1.807, 2.05) is 24.6 Å². The van der Waals surface area contributed by atoms with E-state index in [2.05, 4.69) is 4.98 Å². The van der Waals surface area contributed by atoms with Gasteiger partial charge < -0.3 is 10.3 Å². The minimum Gasteiger partial charge on any atom is -0.330 e. The van der Waals surface area contributed by atoms with Gasteiger partial charge in [-0.3, -0.25) is 0 Å². The van der Waals surface area contributed by atoms with Gasteiger partial charge in [-0.05, 0) is 13.3 Å². The predicted molar refractivity (Wildman–Crippen MR) is 66.5 cm³/mol. The molecular formula is C11H19N3O2S. The van der Waals surface area contributed by atoms with Crippen LogP contribution in [0.5, 0.6) is 0 Å². The molecule has 0 aromatic carbocycles. The van der Waals surface area contributed by atoms with Gasteiger partial charge in [0, 0.05) is 24.7 Å². The first kappa shape index (κ1) is 12.6. The zero-order valence-corrected chi connectivity index (χ0v) is 11.1. The lowest BCUT2D eigenvalue weighted by molar-refractivity contribution is 0.533. The van der Waals surface area contributed by atoms with Crippen LogP contribution in [0.2, 0.25) is 0 Å². The molecule has 1 fully saturated rings. The molecule has 1 aliphatic heterocycles. The molecule has 0 spiro atoms. The van der Waals surface area contributed by atoms with Crippen molar-refractivity contribution in [1.82, 2.24) is 9.55 Å². The van der Waals surface area contributed by atoms with Gasteiger partial charge in [-0.15, -0.1) is 0 Å². The van der Waals surface area contributed by atoms with Crippen LogP contribution in [0.25, 0.3) is 0 Å². The van der Waals surface area contributed by atoms with E-state index in [9.17, 15) is 8.42 Å². The number of aryl methyl sites for hydroxylation is 1. The summed E-state index contributed by atoms with van der Waals surface area (Å²) in [6.07, 6.45) is 3.39. The summed E-state index contributed by atoms with van der Waals surface area (Å²) in [5.74, 6) is 1.45. The van der Waals surface area contributed by atoms with Crippen LogP contribution in [0.3, 0.4) is 0 Å². The Morgan fingerprint density at radius 2 is 2.35 bits per heavy atom. The molecule has 1 unspecified atom stereocenters. The fourth-order valence-electron chi connectivity index (χ4n) is 2.24. The Bertz CT molecular complexity index is 505. The number of nitrogens with two attached hydrogens (primary N) is 1. The van der Waals surface area contributed by atoms with Crippen LogP contribution in [0.1, 0.15) is 43.9 Å². The molecular weight excluding hydrogens is 238 g/mol. The topological polar surface area (TPSA) is 78.0 Å². The van der Waals surface area contributed by atoms with E-state index in [4.69, 9.17) is 5.73 Å². The Balaban J connectivity index is 2.32. The molecule has 2 rings (SSSR count). The molecule has 1 aromatic rings. The quantitative estimate of drug-likeness (QED) is 0.869. The lowest BCUT2D eigenvalue weighted by Crippen LogP contribution is -2.12. The summed E-state index contributed by atoms with van der Waals surface area (Å²) in [5.41, 5.74) is 6.65. The number of nitrogens with zero attached hydrogens (tertiary/aromatic N) is 2. The zero-order chi connectivity index (χ0) is 12.6. The summed E-state index contributed by atoms with van der Waals surface area (Å²) >= 11 is 0. The smallest absolute Gasteiger partial charge is 0.152 e. The summed E-state index contributed by atoms with van der Waals surface area (Å²) in [6.45, 7) is 3.91. The van der Waals surface area contributed by atoms with Gasteiger partial charge in [0.25, 0.3) is 0 Å². The average Bonchev–Trinajstić information content (AvgIpc) is 2.80. The summed E-state index contributed by atoms with van der Waals surface area (Å²) < 4.78 is 25.0. The number of aromatic nitrogens is 2. The highest BCUT2D eigenvalue weighted by molar-refractivity contribution is 7.91. The summed E-state index contributed by atoms with van der Waals surface area (Å²) in [7, 11) is -2.86. The molecule has 5 nitrogen and oxygen atoms in total. The van der Waals surface area contributed by atoms with Crippen molar-refractivity contribution in [2.24, 2.45) is 5.73 Å². The van der Waals surface area contributed by atoms with Crippen molar-refractivity contribution in [2.45, 2.75) is 38.8 Å². The molecule has 1 aliphatic rings. The van der Waals surface area contributed by atoms with Crippen molar-refractivity contribution in [1.29, 1.82) is 0 Å². The molecule has 96 valence electrons. The van der Waals surface area contributed by atoms with Gasteiger partial charge in [0.15, 0.2) is 9.84 Å². The van der Waals surface area contributed by atoms with Crippen LogP contribution in [-0.4, -0.2) is 29.5 Å². The molecule has 0 bridgehead atoms. The van der Waals surface area contributed by atoms with Crippen molar-refractivity contribution in [3.63, 3.8) is 0 Å². The van der Waals surface area contributed by atoms with Crippen LogP contribution in [0, 0.1) is 0 Å². The maximum Gasteiger partial charge on any atom is 0.152 e. The van der Waals surface area contributed by atoms with E-state index in [-0.39, 0.29) is 23.6 Å². The number of sulfone groups is 1. The Morgan fingerprint density at radius 1 is 1.65 bits per heavy atom. The van der Waals surface area contributed by atoms with Crippen LogP contribution < -0.4 is 5.73 Å². The third-order valence-corrected chi connectivity index (χ3v) is 4.96. The second-order valence-corrected chi connectivity index (χ2v) is 6.92. The molecule has 17 heavy (non-hydrogen) atoms. The van der Waals surface area contributed by atoms with Crippen molar-refractivity contribution < 1.29 is 8.42 Å². The number of rotatable bonds is 3. The van der Waals surface area contributed by atoms with Crippen molar-refractivity contribution in [3.8, 4) is 0 Å². The van der Waals surface area contributed by atoms with Crippen LogP contribution >= 0.6 is 0 Å². The first-order valence-corrected chi connectivity index (χ1v) is 7.78. The molecule has 2 heterocycles. The van der Waals surface area contributed by atoms with Crippen molar-refractivity contribution in [3.05, 3.63) is 17.7 Å². The molecule has 2 atom stereocenters. The highest BCUT2D eigenvalue weighted by Gasteiger charge is 2.30. The van der Waals surface area contributed by atoms with Gasteiger partial charge in [-0.1, -0.05) is 6.92 Å². The van der Waals surface area contributed by atoms with E-state index in [1.54, 1.807) is 0 Å². The van der Waals surface area contributed by atoms with Crippen molar-refractivity contribution in [2.75, 3.05) is 11.5 Å². The first-order valence-electron chi connectivity index (χ1n) is 5.96. The summed E-state index contributed by atoms with van der Waals surface area (Å²) in [5, 5.41) is 0. The lowest BCUT2D eigenvalue weighted by atomic mass is 10.2. The van der Waals surface area contributed by atoms with E-state index in [0.29, 0.717) is 6.42 Å². The third-order valence-electron chi connectivity index (χ3n) is 3.21. The van der Waals surface area contributed by atoms with Gasteiger partial charge in [-0.25, -0.2) is 13.4 Å². The molecule has 2 N–H and O–H groups in total. The number of hydrogen-bond donors (Lipinski definition) is 1. The standard InChI is InChI=1S/C11H19N3O2S/c1-3-11-13-10(8(2)12)6-14(11)9-4-5-17(15,16)7-9/h6,8-9H,3-5,7,12H2,1-2H3/t8-,9?/m1/s1. The highest BCUT2D eigenvalue weighted by Crippen LogP contribution is 2.26. The fraction of sp³-hybridized carbons (Fsp3) is 0.727. The van der Waals surface area contributed by atoms with Gasteiger partial charge in [0.05, 0.1) is 17.2 Å². The molecule has 0 aliphatic carbocycles. The van der Waals surface area contributed by atoms with E-state index < -0.39 is 9.84 Å². The summed E-state index contributed by atoms with van der Waals surface area (Å²) in [4.78, 5) is 4.46. The fourth-order valence-corrected chi connectivity index (χ4v) is 3.96. The molecule has 0 saturated carbocycles. The Labute approximate surface area is 102 Å². The predicted octanol–water partition coefficient (Wildman–Crippen LogP) is 0.825. The van der Waals surface area contributed by atoms with Gasteiger partial charge in [0.2, 0.25) is 0 Å². The molecule has 0 radical (unpaired) electrons. The monoisotopic (exact) mass is 257 g/mol. The average molecular weight is 257 g/mol. The highest BCUT2D eigenvalue weighted by atomic mass is 32.2. The lowest BCUT2D eigenvalue weighted by Gasteiger charge is -2.12. The Kier molecular flexibility index (Phi) is 3.27. The second kappa shape index (κ2) is 4.42. The second-order valence-electron chi connectivity index (χ2n) is 4.69. The third kappa shape index (κ3) is 2.52. The Morgan fingerprint density at radius 3 is 2.82 bits per heavy atom. The van der Waals surface area contributed by atoms with Gasteiger partial charge in [0.1, 0.15) is 5.82 Å². The van der Waals surface area contributed by atoms with Crippen LogP contribution in [0.4, 0.5) is 0 Å². The van der Waals surface area contributed by atoms with Gasteiger partial charge >= 0.3 is 0 Å². The van der Waals surface area contributed by atoms with Crippen molar-refractivity contribution >= 4 is 9.84 Å². The molecule has 1 aromatic heterocycles. The van der Waals surface area contributed by atoms with E-state index in [0.717, 1.165) is 17.9 Å². The maximum atomic E-state index is 11.5. The minimum absolute atomic E-state index is 0.0370. The number of imidazole rings is 1. The first-order chi connectivity index (χ1) is 7.93. The van der Waals surface area contributed by atoms with E-state index >= 15 is 0 Å². The molecule has 6 heteroatoms. The summed E-state index contributed by atoms with van der Waals surface area (Å²) in [6, 6.07) is -0.0745. The normalized spacial score (nSPS) is 25.0. The largest absolute Gasteiger partial charge is 0.330 e. The van der Waals surface area contributed by atoms with Crippen LogP contribution in [-0.2, 0) is 16.3 Å². The zero-order valence-electron chi connectivity index (χ0n) is 10.3. The number of hydrogen-bond acceptors (Lipinski definition) is 4. The van der Waals surface area contributed by atoms with Crippen LogP contribution in [0.15, 0.2) is 6.20 Å². The Hall–Kier alpha value is -0.880.